The van der Waals surface area contributed by atoms with Crippen LogP contribution in [0.4, 0.5) is 0 Å². The van der Waals surface area contributed by atoms with Crippen molar-refractivity contribution in [3.8, 4) is 0 Å². The number of nitrogens with zero attached hydrogens (tertiary/aromatic N) is 1. The molecular formula is C11H26N2. The first-order valence-electron chi connectivity index (χ1n) is 5.50. The summed E-state index contributed by atoms with van der Waals surface area (Å²) in [7, 11) is 2.02. The summed E-state index contributed by atoms with van der Waals surface area (Å²) in [6.07, 6.45) is 1.25. The van der Waals surface area contributed by atoms with Gasteiger partial charge in [0.25, 0.3) is 0 Å². The van der Waals surface area contributed by atoms with E-state index in [-0.39, 0.29) is 0 Å². The van der Waals surface area contributed by atoms with Crippen molar-refractivity contribution in [1.29, 1.82) is 0 Å². The van der Waals surface area contributed by atoms with Crippen molar-refractivity contribution in [3.05, 3.63) is 0 Å². The van der Waals surface area contributed by atoms with Gasteiger partial charge in [0.2, 0.25) is 0 Å². The van der Waals surface area contributed by atoms with E-state index >= 15 is 0 Å². The average molecular weight is 186 g/mol. The van der Waals surface area contributed by atoms with Gasteiger partial charge in [-0.15, -0.1) is 0 Å². The zero-order valence-corrected chi connectivity index (χ0v) is 9.93. The molecule has 1 atom stereocenters. The smallest absolute Gasteiger partial charge is 0.00790 e. The molecule has 13 heavy (non-hydrogen) atoms. The zero-order chi connectivity index (χ0) is 10.3. The Bertz CT molecular complexity index is 113. The molecule has 0 aromatic carbocycles. The second-order valence-electron chi connectivity index (χ2n) is 4.22. The van der Waals surface area contributed by atoms with Gasteiger partial charge in [-0.2, -0.15) is 0 Å². The molecule has 80 valence electrons. The molecule has 0 aliphatic heterocycles. The molecule has 0 radical (unpaired) electrons. The van der Waals surface area contributed by atoms with E-state index < -0.39 is 0 Å². The molecule has 0 saturated carbocycles. The molecule has 0 amide bonds. The summed E-state index contributed by atoms with van der Waals surface area (Å²) in [6, 6.07) is 0.708. The highest BCUT2D eigenvalue weighted by Gasteiger charge is 2.12. The fraction of sp³-hybridized carbons (Fsp3) is 1.00. The van der Waals surface area contributed by atoms with Crippen LogP contribution in [-0.2, 0) is 0 Å². The fourth-order valence-electron chi connectivity index (χ4n) is 1.63. The second-order valence-corrected chi connectivity index (χ2v) is 4.22. The van der Waals surface area contributed by atoms with Crippen molar-refractivity contribution in [2.75, 3.05) is 26.7 Å². The van der Waals surface area contributed by atoms with Crippen LogP contribution in [0.5, 0.6) is 0 Å². The van der Waals surface area contributed by atoms with Crippen molar-refractivity contribution in [2.24, 2.45) is 5.92 Å². The molecule has 0 aliphatic carbocycles. The van der Waals surface area contributed by atoms with Crippen molar-refractivity contribution in [3.63, 3.8) is 0 Å². The van der Waals surface area contributed by atoms with Gasteiger partial charge in [0.05, 0.1) is 0 Å². The summed E-state index contributed by atoms with van der Waals surface area (Å²) in [5, 5.41) is 3.20. The van der Waals surface area contributed by atoms with Crippen LogP contribution in [0.2, 0.25) is 0 Å². The maximum Gasteiger partial charge on any atom is 0.00790 e. The highest BCUT2D eigenvalue weighted by Crippen LogP contribution is 2.06. The van der Waals surface area contributed by atoms with E-state index in [9.17, 15) is 0 Å². The summed E-state index contributed by atoms with van der Waals surface area (Å²) in [6.45, 7) is 12.7. The largest absolute Gasteiger partial charge is 0.320 e. The lowest BCUT2D eigenvalue weighted by molar-refractivity contribution is 0.187. The molecule has 0 aromatic rings. The molecule has 1 unspecified atom stereocenters. The van der Waals surface area contributed by atoms with Crippen LogP contribution < -0.4 is 5.32 Å². The van der Waals surface area contributed by atoms with Crippen molar-refractivity contribution in [2.45, 2.75) is 40.2 Å². The Labute approximate surface area is 83.7 Å². The highest BCUT2D eigenvalue weighted by molar-refractivity contribution is 4.67. The van der Waals surface area contributed by atoms with Crippen LogP contribution in [0.25, 0.3) is 0 Å². The van der Waals surface area contributed by atoms with Crippen LogP contribution in [0.3, 0.4) is 0 Å². The lowest BCUT2D eigenvalue weighted by Crippen LogP contribution is -2.37. The molecule has 0 bridgehead atoms. The van der Waals surface area contributed by atoms with Crippen LogP contribution in [-0.4, -0.2) is 37.6 Å². The first kappa shape index (κ1) is 12.9. The van der Waals surface area contributed by atoms with Crippen molar-refractivity contribution in [1.82, 2.24) is 10.2 Å². The topological polar surface area (TPSA) is 15.3 Å². The minimum absolute atomic E-state index is 0.708. The van der Waals surface area contributed by atoms with Crippen molar-refractivity contribution < 1.29 is 0 Å². The third-order valence-electron chi connectivity index (χ3n) is 2.44. The minimum Gasteiger partial charge on any atom is -0.320 e. The van der Waals surface area contributed by atoms with E-state index in [0.717, 1.165) is 12.5 Å². The lowest BCUT2D eigenvalue weighted by Gasteiger charge is -2.29. The molecule has 2 heteroatoms. The predicted octanol–water partition coefficient (Wildman–Crippen LogP) is 1.96. The Morgan fingerprint density at radius 3 is 2.23 bits per heavy atom. The number of hydrogen-bond acceptors (Lipinski definition) is 2. The monoisotopic (exact) mass is 186 g/mol. The molecule has 0 heterocycles. The maximum atomic E-state index is 3.20. The molecule has 0 fully saturated rings. The highest BCUT2D eigenvalue weighted by atomic mass is 15.1. The van der Waals surface area contributed by atoms with Gasteiger partial charge >= 0.3 is 0 Å². The average Bonchev–Trinajstić information content (AvgIpc) is 2.09. The van der Waals surface area contributed by atoms with E-state index in [1.807, 2.05) is 7.05 Å². The fourth-order valence-corrected chi connectivity index (χ4v) is 1.63. The van der Waals surface area contributed by atoms with E-state index in [1.54, 1.807) is 0 Å². The van der Waals surface area contributed by atoms with Crippen LogP contribution in [0.1, 0.15) is 34.1 Å². The molecular weight excluding hydrogens is 160 g/mol. The normalized spacial score (nSPS) is 14.1. The van der Waals surface area contributed by atoms with E-state index in [2.05, 4.69) is 37.9 Å². The Morgan fingerprint density at radius 1 is 1.23 bits per heavy atom. The molecule has 0 saturated heterocycles. The summed E-state index contributed by atoms with van der Waals surface area (Å²) in [4.78, 5) is 2.56. The summed E-state index contributed by atoms with van der Waals surface area (Å²) in [5.74, 6) is 0.775. The number of rotatable bonds is 7. The predicted molar refractivity (Wildman–Crippen MR) is 60.1 cm³/mol. The SMILES string of the molecule is CCN(CC(C)C)C(C)CCNC. The molecule has 0 aromatic heterocycles. The van der Waals surface area contributed by atoms with Gasteiger partial charge in [-0.1, -0.05) is 20.8 Å². The zero-order valence-electron chi connectivity index (χ0n) is 9.93. The Balaban J connectivity index is 3.77. The van der Waals surface area contributed by atoms with Gasteiger partial charge in [0.15, 0.2) is 0 Å². The lowest BCUT2D eigenvalue weighted by atomic mass is 10.1. The first-order chi connectivity index (χ1) is 6.11. The van der Waals surface area contributed by atoms with Gasteiger partial charge in [0.1, 0.15) is 0 Å². The van der Waals surface area contributed by atoms with Gasteiger partial charge < -0.3 is 10.2 Å². The number of nitrogens with one attached hydrogen (secondary N) is 1. The van der Waals surface area contributed by atoms with Gasteiger partial charge in [0, 0.05) is 12.6 Å². The van der Waals surface area contributed by atoms with Gasteiger partial charge in [-0.3, -0.25) is 0 Å². The Kier molecular flexibility index (Phi) is 7.29. The number of hydrogen-bond donors (Lipinski definition) is 1. The second kappa shape index (κ2) is 7.34. The Hall–Kier alpha value is -0.0800. The van der Waals surface area contributed by atoms with E-state index in [4.69, 9.17) is 0 Å². The van der Waals surface area contributed by atoms with E-state index in [0.29, 0.717) is 6.04 Å². The maximum absolute atomic E-state index is 3.20. The summed E-state index contributed by atoms with van der Waals surface area (Å²) >= 11 is 0. The molecule has 1 N–H and O–H groups in total. The molecule has 0 rings (SSSR count). The minimum atomic E-state index is 0.708. The molecule has 0 aliphatic rings. The van der Waals surface area contributed by atoms with Gasteiger partial charge in [-0.05, 0) is 39.4 Å². The van der Waals surface area contributed by atoms with Gasteiger partial charge in [-0.25, -0.2) is 0 Å². The molecule has 2 nitrogen and oxygen atoms in total. The standard InChI is InChI=1S/C11H26N2/c1-6-13(9-10(2)3)11(4)7-8-12-5/h10-12H,6-9H2,1-5H3. The summed E-state index contributed by atoms with van der Waals surface area (Å²) < 4.78 is 0. The quantitative estimate of drug-likeness (QED) is 0.654. The van der Waals surface area contributed by atoms with Crippen molar-refractivity contribution >= 4 is 0 Å². The van der Waals surface area contributed by atoms with Crippen LogP contribution >= 0.6 is 0 Å². The van der Waals surface area contributed by atoms with Crippen LogP contribution in [0, 0.1) is 5.92 Å². The molecule has 0 spiro atoms. The first-order valence-corrected chi connectivity index (χ1v) is 5.50. The third-order valence-corrected chi connectivity index (χ3v) is 2.44. The van der Waals surface area contributed by atoms with E-state index in [1.165, 1.54) is 19.5 Å². The Morgan fingerprint density at radius 2 is 1.85 bits per heavy atom. The summed E-state index contributed by atoms with van der Waals surface area (Å²) in [5.41, 5.74) is 0. The third kappa shape index (κ3) is 6.05. The van der Waals surface area contributed by atoms with Crippen LogP contribution in [0.15, 0.2) is 0 Å².